The molecule has 0 spiro atoms. The van der Waals surface area contributed by atoms with Gasteiger partial charge in [0.15, 0.2) is 0 Å². The van der Waals surface area contributed by atoms with Crippen LogP contribution in [0, 0.1) is 6.07 Å². The van der Waals surface area contributed by atoms with Gasteiger partial charge in [0.05, 0.1) is 0 Å². The first-order valence-corrected chi connectivity index (χ1v) is 3.17. The minimum Gasteiger partial charge on any atom is -0.534 e. The summed E-state index contributed by atoms with van der Waals surface area (Å²) in [7, 11) is 1.54. The van der Waals surface area contributed by atoms with Crippen molar-refractivity contribution in [2.24, 2.45) is 0 Å². The number of aromatic hydroxyl groups is 1. The molecule has 0 unspecified atom stereocenters. The maximum absolute atomic E-state index is 10.9. The number of phenols is 1. The first kappa shape index (κ1) is 12.1. The Morgan fingerprint density at radius 3 is 2.83 bits per heavy atom. The molecule has 1 rings (SSSR count). The summed E-state index contributed by atoms with van der Waals surface area (Å²) < 4.78 is 0. The zero-order chi connectivity index (χ0) is 8.27. The Bertz CT molecular complexity index is 276. The molecule has 0 atom stereocenters. The van der Waals surface area contributed by atoms with Crippen molar-refractivity contribution in [2.45, 2.75) is 0 Å². The van der Waals surface area contributed by atoms with Crippen LogP contribution < -0.4 is 56.7 Å². The maximum Gasteiger partial charge on any atom is 1.00 e. The number of benzene rings is 1. The Kier molecular flexibility index (Phi) is 5.78. The number of rotatable bonds is 1. The van der Waals surface area contributed by atoms with Crippen molar-refractivity contribution < 1.29 is 61.3 Å². The van der Waals surface area contributed by atoms with E-state index in [2.05, 4.69) is 11.4 Å². The van der Waals surface area contributed by atoms with E-state index in [1.165, 1.54) is 19.2 Å². The topological polar surface area (TPSA) is 49.3 Å². The van der Waals surface area contributed by atoms with Crippen LogP contribution in [-0.2, 0) is 0 Å². The fourth-order valence-electron chi connectivity index (χ4n) is 0.739. The first-order valence-electron chi connectivity index (χ1n) is 3.17. The molecular formula is C8H8KNO2. The summed E-state index contributed by atoms with van der Waals surface area (Å²) in [4.78, 5) is 10.9. The van der Waals surface area contributed by atoms with Gasteiger partial charge in [-0.3, -0.25) is 4.79 Å². The second-order valence-electron chi connectivity index (χ2n) is 2.04. The Morgan fingerprint density at radius 2 is 2.33 bits per heavy atom. The summed E-state index contributed by atoms with van der Waals surface area (Å²) in [6.45, 7) is 0. The Labute approximate surface area is 114 Å². The molecule has 0 aliphatic heterocycles. The number of hydrogen-bond donors (Lipinski definition) is 2. The predicted molar refractivity (Wildman–Crippen MR) is 40.3 cm³/mol. The van der Waals surface area contributed by atoms with E-state index in [-0.39, 0.29) is 63.0 Å². The SMILES string of the molecule is CNC(=O)c1cc[c-]c(O)c1.[K+]. The second kappa shape index (κ2) is 5.72. The van der Waals surface area contributed by atoms with Gasteiger partial charge >= 0.3 is 51.4 Å². The van der Waals surface area contributed by atoms with E-state index in [9.17, 15) is 4.79 Å². The quantitative estimate of drug-likeness (QED) is 0.381. The number of carbonyl (C=O) groups is 1. The fourth-order valence-corrected chi connectivity index (χ4v) is 0.739. The summed E-state index contributed by atoms with van der Waals surface area (Å²) in [6.07, 6.45) is 0. The zero-order valence-corrected chi connectivity index (χ0v) is 10.2. The van der Waals surface area contributed by atoms with E-state index in [1.807, 2.05) is 0 Å². The van der Waals surface area contributed by atoms with E-state index in [0.29, 0.717) is 5.56 Å². The molecule has 0 saturated carbocycles. The number of amides is 1. The Morgan fingerprint density at radius 1 is 1.67 bits per heavy atom. The van der Waals surface area contributed by atoms with Gasteiger partial charge in [0.2, 0.25) is 5.91 Å². The normalized spacial score (nSPS) is 8.42. The maximum atomic E-state index is 10.9. The van der Waals surface area contributed by atoms with E-state index < -0.39 is 0 Å². The molecule has 1 aromatic rings. The molecule has 1 aromatic carbocycles. The van der Waals surface area contributed by atoms with Gasteiger partial charge in [0.1, 0.15) is 0 Å². The molecule has 58 valence electrons. The van der Waals surface area contributed by atoms with Gasteiger partial charge in [-0.2, -0.15) is 12.1 Å². The molecule has 0 saturated heterocycles. The number of phenolic OH excluding ortho intramolecular Hbond substituents is 1. The van der Waals surface area contributed by atoms with E-state index in [4.69, 9.17) is 5.11 Å². The molecule has 12 heavy (non-hydrogen) atoms. The molecule has 0 bridgehead atoms. The molecule has 0 radical (unpaired) electrons. The van der Waals surface area contributed by atoms with Crippen LogP contribution in [-0.4, -0.2) is 18.1 Å². The van der Waals surface area contributed by atoms with Crippen LogP contribution in [0.3, 0.4) is 0 Å². The van der Waals surface area contributed by atoms with Gasteiger partial charge in [-0.25, -0.2) is 0 Å². The average molecular weight is 189 g/mol. The molecule has 4 heteroatoms. The van der Waals surface area contributed by atoms with E-state index >= 15 is 0 Å². The number of carbonyl (C=O) groups excluding carboxylic acids is 1. The van der Waals surface area contributed by atoms with Crippen molar-refractivity contribution in [1.29, 1.82) is 0 Å². The minimum atomic E-state index is -0.214. The summed E-state index contributed by atoms with van der Waals surface area (Å²) in [5, 5.41) is 11.4. The van der Waals surface area contributed by atoms with Crippen LogP contribution in [0.5, 0.6) is 5.75 Å². The van der Waals surface area contributed by atoms with Crippen LogP contribution in [0.25, 0.3) is 0 Å². The van der Waals surface area contributed by atoms with Crippen molar-refractivity contribution in [3.8, 4) is 5.75 Å². The van der Waals surface area contributed by atoms with Crippen molar-refractivity contribution in [3.63, 3.8) is 0 Å². The molecule has 2 N–H and O–H groups in total. The molecule has 0 fully saturated rings. The van der Waals surface area contributed by atoms with Gasteiger partial charge in [0, 0.05) is 12.8 Å². The molecule has 1 amide bonds. The van der Waals surface area contributed by atoms with Gasteiger partial charge in [0.25, 0.3) is 0 Å². The van der Waals surface area contributed by atoms with Gasteiger partial charge in [-0.05, 0) is 0 Å². The van der Waals surface area contributed by atoms with Crippen molar-refractivity contribution in [2.75, 3.05) is 7.05 Å². The monoisotopic (exact) mass is 189 g/mol. The summed E-state index contributed by atoms with van der Waals surface area (Å²) >= 11 is 0. The Balaban J connectivity index is 0.00000121. The summed E-state index contributed by atoms with van der Waals surface area (Å²) in [6, 6.07) is 6.97. The van der Waals surface area contributed by atoms with Crippen LogP contribution in [0.1, 0.15) is 10.4 Å². The van der Waals surface area contributed by atoms with Crippen molar-refractivity contribution >= 4 is 5.91 Å². The van der Waals surface area contributed by atoms with Crippen LogP contribution in [0.15, 0.2) is 18.2 Å². The predicted octanol–water partition coefficient (Wildman–Crippen LogP) is -2.44. The van der Waals surface area contributed by atoms with E-state index in [1.54, 1.807) is 6.07 Å². The summed E-state index contributed by atoms with van der Waals surface area (Å²) in [5.74, 6) is -0.236. The number of nitrogens with one attached hydrogen (secondary N) is 1. The Hall–Kier alpha value is 0.126. The van der Waals surface area contributed by atoms with Crippen LogP contribution in [0.4, 0.5) is 0 Å². The second-order valence-corrected chi connectivity index (χ2v) is 2.04. The molecule has 0 aromatic heterocycles. The third kappa shape index (κ3) is 3.24. The molecule has 0 aliphatic rings. The molecule has 0 heterocycles. The fraction of sp³-hybridized carbons (Fsp3) is 0.125. The van der Waals surface area contributed by atoms with E-state index in [0.717, 1.165) is 0 Å². The average Bonchev–Trinajstić information content (AvgIpc) is 2.03. The molecule has 0 aliphatic carbocycles. The smallest absolute Gasteiger partial charge is 0.534 e. The first-order chi connectivity index (χ1) is 5.24. The third-order valence-electron chi connectivity index (χ3n) is 1.28. The largest absolute Gasteiger partial charge is 1.00 e. The van der Waals surface area contributed by atoms with Crippen LogP contribution in [0.2, 0.25) is 0 Å². The van der Waals surface area contributed by atoms with Gasteiger partial charge in [-0.1, -0.05) is 5.56 Å². The molecular weight excluding hydrogens is 181 g/mol. The van der Waals surface area contributed by atoms with Gasteiger partial charge in [-0.15, -0.1) is 12.1 Å². The van der Waals surface area contributed by atoms with Crippen LogP contribution >= 0.6 is 0 Å². The molecule has 3 nitrogen and oxygen atoms in total. The van der Waals surface area contributed by atoms with Crippen molar-refractivity contribution in [3.05, 3.63) is 29.8 Å². The van der Waals surface area contributed by atoms with Gasteiger partial charge < -0.3 is 10.4 Å². The standard InChI is InChI=1S/C8H8NO2.K/c1-9-8(11)6-3-2-4-7(10)5-6;/h2-3,5,10H,1H3,(H,9,11);/q-1;+1. The summed E-state index contributed by atoms with van der Waals surface area (Å²) in [5.41, 5.74) is 0.434. The third-order valence-corrected chi connectivity index (χ3v) is 1.28. The zero-order valence-electron chi connectivity index (χ0n) is 7.09. The van der Waals surface area contributed by atoms with Crippen molar-refractivity contribution in [1.82, 2.24) is 5.32 Å². The minimum absolute atomic E-state index is 0. The number of hydrogen-bond acceptors (Lipinski definition) is 2.